The SMILES string of the molecule is CSc1ccc(CN(C)C(=O)C2NCC3CCCC32)cc1. The summed E-state index contributed by atoms with van der Waals surface area (Å²) in [6, 6.07) is 8.54. The molecule has 0 aromatic heterocycles. The molecule has 1 N–H and O–H groups in total. The molecule has 3 atom stereocenters. The molecule has 4 heteroatoms. The molecule has 1 aromatic rings. The van der Waals surface area contributed by atoms with Gasteiger partial charge >= 0.3 is 0 Å². The van der Waals surface area contributed by atoms with Gasteiger partial charge in [0.05, 0.1) is 6.04 Å². The third-order valence-electron chi connectivity index (χ3n) is 4.97. The van der Waals surface area contributed by atoms with Gasteiger partial charge in [0.2, 0.25) is 5.91 Å². The Morgan fingerprint density at radius 3 is 2.81 bits per heavy atom. The minimum atomic E-state index is 0.0490. The number of fused-ring (bicyclic) bond motifs is 1. The molecule has 3 rings (SSSR count). The maximum Gasteiger partial charge on any atom is 0.240 e. The van der Waals surface area contributed by atoms with E-state index in [1.807, 2.05) is 11.9 Å². The van der Waals surface area contributed by atoms with E-state index < -0.39 is 0 Å². The van der Waals surface area contributed by atoms with Crippen molar-refractivity contribution in [3.05, 3.63) is 29.8 Å². The number of hydrogen-bond donors (Lipinski definition) is 1. The third kappa shape index (κ3) is 3.11. The molecule has 0 bridgehead atoms. The van der Waals surface area contributed by atoms with Crippen LogP contribution in [0.25, 0.3) is 0 Å². The van der Waals surface area contributed by atoms with Crippen LogP contribution in [0.15, 0.2) is 29.2 Å². The van der Waals surface area contributed by atoms with Crippen LogP contribution >= 0.6 is 11.8 Å². The van der Waals surface area contributed by atoms with Crippen molar-refractivity contribution < 1.29 is 4.79 Å². The molecule has 1 aliphatic carbocycles. The molecular weight excluding hydrogens is 280 g/mol. The topological polar surface area (TPSA) is 32.3 Å². The number of carbonyl (C=O) groups excluding carboxylic acids is 1. The normalized spacial score (nSPS) is 27.6. The highest BCUT2D eigenvalue weighted by molar-refractivity contribution is 7.98. The fraction of sp³-hybridized carbons (Fsp3) is 0.588. The minimum Gasteiger partial charge on any atom is -0.340 e. The summed E-state index contributed by atoms with van der Waals surface area (Å²) < 4.78 is 0. The Labute approximate surface area is 131 Å². The van der Waals surface area contributed by atoms with Gasteiger partial charge in [0.1, 0.15) is 0 Å². The van der Waals surface area contributed by atoms with Crippen molar-refractivity contribution in [2.45, 2.75) is 36.7 Å². The van der Waals surface area contributed by atoms with Crippen LogP contribution in [0.1, 0.15) is 24.8 Å². The molecule has 2 aliphatic rings. The zero-order chi connectivity index (χ0) is 14.8. The van der Waals surface area contributed by atoms with Gasteiger partial charge in [-0.1, -0.05) is 18.6 Å². The van der Waals surface area contributed by atoms with E-state index in [-0.39, 0.29) is 11.9 Å². The van der Waals surface area contributed by atoms with Crippen LogP contribution in [0.2, 0.25) is 0 Å². The number of nitrogens with zero attached hydrogens (tertiary/aromatic N) is 1. The molecule has 3 nitrogen and oxygen atoms in total. The molecular formula is C17H24N2OS. The molecule has 1 saturated carbocycles. The number of nitrogens with one attached hydrogen (secondary N) is 1. The Bertz CT molecular complexity index is 502. The fourth-order valence-corrected chi connectivity index (χ4v) is 4.19. The second-order valence-corrected chi connectivity index (χ2v) is 7.16. The van der Waals surface area contributed by atoms with Crippen LogP contribution in [0.4, 0.5) is 0 Å². The van der Waals surface area contributed by atoms with Crippen LogP contribution in [0.5, 0.6) is 0 Å². The van der Waals surface area contributed by atoms with Gasteiger partial charge in [-0.2, -0.15) is 0 Å². The maximum absolute atomic E-state index is 12.7. The van der Waals surface area contributed by atoms with Crippen molar-refractivity contribution in [3.8, 4) is 0 Å². The summed E-state index contributed by atoms with van der Waals surface area (Å²) in [4.78, 5) is 15.8. The fourth-order valence-electron chi connectivity index (χ4n) is 3.78. The molecule has 0 spiro atoms. The Kier molecular flexibility index (Phi) is 4.55. The van der Waals surface area contributed by atoms with Crippen molar-refractivity contribution in [2.24, 2.45) is 11.8 Å². The number of rotatable bonds is 4. The summed E-state index contributed by atoms with van der Waals surface area (Å²) in [6.45, 7) is 1.72. The standard InChI is InChI=1S/C17H24N2OS/c1-19(11-12-6-8-14(21-2)9-7-12)17(20)16-15-5-3-4-13(15)10-18-16/h6-9,13,15-16,18H,3-5,10-11H2,1-2H3. The summed E-state index contributed by atoms with van der Waals surface area (Å²) in [5, 5.41) is 3.45. The van der Waals surface area contributed by atoms with Crippen LogP contribution in [0.3, 0.4) is 0 Å². The first-order chi connectivity index (χ1) is 10.2. The number of hydrogen-bond acceptors (Lipinski definition) is 3. The van der Waals surface area contributed by atoms with E-state index in [1.165, 1.54) is 29.7 Å². The van der Waals surface area contributed by atoms with Crippen molar-refractivity contribution in [1.82, 2.24) is 10.2 Å². The number of carbonyl (C=O) groups is 1. The lowest BCUT2D eigenvalue weighted by atomic mass is 9.93. The highest BCUT2D eigenvalue weighted by atomic mass is 32.2. The number of benzene rings is 1. The largest absolute Gasteiger partial charge is 0.340 e. The van der Waals surface area contributed by atoms with Gasteiger partial charge in [-0.05, 0) is 55.2 Å². The molecule has 1 heterocycles. The van der Waals surface area contributed by atoms with E-state index in [2.05, 4.69) is 35.8 Å². The van der Waals surface area contributed by atoms with Crippen molar-refractivity contribution in [3.63, 3.8) is 0 Å². The van der Waals surface area contributed by atoms with Crippen molar-refractivity contribution in [2.75, 3.05) is 19.8 Å². The van der Waals surface area contributed by atoms with Gasteiger partial charge in [-0.15, -0.1) is 11.8 Å². The summed E-state index contributed by atoms with van der Waals surface area (Å²) in [6.07, 6.45) is 5.88. The Morgan fingerprint density at radius 2 is 2.10 bits per heavy atom. The maximum atomic E-state index is 12.7. The average Bonchev–Trinajstić information content (AvgIpc) is 3.10. The number of amides is 1. The van der Waals surface area contributed by atoms with Crippen LogP contribution in [-0.4, -0.2) is 36.7 Å². The molecule has 3 unspecified atom stereocenters. The first kappa shape index (κ1) is 14.9. The van der Waals surface area contributed by atoms with Crippen LogP contribution in [-0.2, 0) is 11.3 Å². The predicted molar refractivity (Wildman–Crippen MR) is 87.3 cm³/mol. The van der Waals surface area contributed by atoms with E-state index in [4.69, 9.17) is 0 Å². The molecule has 21 heavy (non-hydrogen) atoms. The lowest BCUT2D eigenvalue weighted by Crippen LogP contribution is -2.44. The molecule has 1 saturated heterocycles. The Hall–Kier alpha value is -1.00. The van der Waals surface area contributed by atoms with E-state index in [9.17, 15) is 4.79 Å². The molecule has 0 radical (unpaired) electrons. The highest BCUT2D eigenvalue weighted by Gasteiger charge is 2.43. The summed E-state index contributed by atoms with van der Waals surface area (Å²) >= 11 is 1.74. The number of thioether (sulfide) groups is 1. The zero-order valence-electron chi connectivity index (χ0n) is 12.8. The smallest absolute Gasteiger partial charge is 0.240 e. The highest BCUT2D eigenvalue weighted by Crippen LogP contribution is 2.38. The van der Waals surface area contributed by atoms with Gasteiger partial charge in [0.15, 0.2) is 0 Å². The van der Waals surface area contributed by atoms with E-state index >= 15 is 0 Å². The van der Waals surface area contributed by atoms with Gasteiger partial charge in [-0.25, -0.2) is 0 Å². The van der Waals surface area contributed by atoms with E-state index in [0.29, 0.717) is 12.5 Å². The Balaban J connectivity index is 1.61. The van der Waals surface area contributed by atoms with Gasteiger partial charge < -0.3 is 10.2 Å². The Morgan fingerprint density at radius 1 is 1.33 bits per heavy atom. The first-order valence-electron chi connectivity index (χ1n) is 7.80. The average molecular weight is 304 g/mol. The number of likely N-dealkylation sites (N-methyl/N-ethyl adjacent to an activating group) is 1. The minimum absolute atomic E-state index is 0.0490. The predicted octanol–water partition coefficient (Wildman–Crippen LogP) is 2.76. The van der Waals surface area contributed by atoms with Gasteiger partial charge in [-0.3, -0.25) is 4.79 Å². The monoisotopic (exact) mass is 304 g/mol. The zero-order valence-corrected chi connectivity index (χ0v) is 13.7. The van der Waals surface area contributed by atoms with Crippen LogP contribution < -0.4 is 5.32 Å². The molecule has 2 fully saturated rings. The molecule has 1 aliphatic heterocycles. The lowest BCUT2D eigenvalue weighted by Gasteiger charge is -2.24. The first-order valence-corrected chi connectivity index (χ1v) is 9.03. The molecule has 1 amide bonds. The quantitative estimate of drug-likeness (QED) is 0.868. The van der Waals surface area contributed by atoms with E-state index in [1.54, 1.807) is 11.8 Å². The van der Waals surface area contributed by atoms with Crippen molar-refractivity contribution in [1.29, 1.82) is 0 Å². The lowest BCUT2D eigenvalue weighted by molar-refractivity contribution is -0.133. The second-order valence-electron chi connectivity index (χ2n) is 6.28. The van der Waals surface area contributed by atoms with Gasteiger partial charge in [0.25, 0.3) is 0 Å². The molecule has 114 valence electrons. The summed E-state index contributed by atoms with van der Waals surface area (Å²) in [7, 11) is 1.93. The van der Waals surface area contributed by atoms with Crippen molar-refractivity contribution >= 4 is 17.7 Å². The second kappa shape index (κ2) is 6.41. The van der Waals surface area contributed by atoms with E-state index in [0.717, 1.165) is 12.5 Å². The third-order valence-corrected chi connectivity index (χ3v) is 5.71. The summed E-state index contributed by atoms with van der Waals surface area (Å²) in [5.74, 6) is 1.56. The van der Waals surface area contributed by atoms with Crippen LogP contribution in [0, 0.1) is 11.8 Å². The summed E-state index contributed by atoms with van der Waals surface area (Å²) in [5.41, 5.74) is 1.20. The van der Waals surface area contributed by atoms with Gasteiger partial charge in [0, 0.05) is 18.5 Å². The molecule has 1 aromatic carbocycles.